The third-order valence-electron chi connectivity index (χ3n) is 3.22. The van der Waals surface area contributed by atoms with Crippen molar-refractivity contribution >= 4 is 30.0 Å². The maximum absolute atomic E-state index is 12.0. The first-order valence-corrected chi connectivity index (χ1v) is 6.94. The number of ether oxygens (including phenoxy) is 2. The number of amides is 1. The lowest BCUT2D eigenvalue weighted by Gasteiger charge is -2.23. The molecule has 0 aromatic heterocycles. The smallest absolute Gasteiger partial charge is 0.309 e. The van der Waals surface area contributed by atoms with Crippen LogP contribution in [0.15, 0.2) is 24.3 Å². The van der Waals surface area contributed by atoms with E-state index >= 15 is 0 Å². The number of methoxy groups -OCH3 is 1. The minimum atomic E-state index is -0.304. The second-order valence-corrected chi connectivity index (χ2v) is 4.93. The number of esters is 1. The van der Waals surface area contributed by atoms with Gasteiger partial charge in [0.15, 0.2) is 0 Å². The molecule has 1 unspecified atom stereocenters. The Morgan fingerprint density at radius 3 is 2.95 bits per heavy atom. The summed E-state index contributed by atoms with van der Waals surface area (Å²) in [6.07, 6.45) is 0.555. The van der Waals surface area contributed by atoms with Crippen molar-refractivity contribution in [1.29, 1.82) is 0 Å². The van der Waals surface area contributed by atoms with Gasteiger partial charge in [0.25, 0.3) is 0 Å². The summed E-state index contributed by atoms with van der Waals surface area (Å²) >= 11 is 0. The van der Waals surface area contributed by atoms with E-state index in [0.29, 0.717) is 25.3 Å². The van der Waals surface area contributed by atoms with Crippen LogP contribution in [0.5, 0.6) is 0 Å². The highest BCUT2D eigenvalue weighted by atomic mass is 35.5. The van der Waals surface area contributed by atoms with Gasteiger partial charge >= 0.3 is 5.97 Å². The van der Waals surface area contributed by atoms with Crippen molar-refractivity contribution < 1.29 is 19.1 Å². The van der Waals surface area contributed by atoms with Crippen molar-refractivity contribution in [3.05, 3.63) is 29.8 Å². The summed E-state index contributed by atoms with van der Waals surface area (Å²) in [5, 5.41) is 6.07. The first-order valence-electron chi connectivity index (χ1n) is 6.94. The Labute approximate surface area is 136 Å². The van der Waals surface area contributed by atoms with Crippen LogP contribution < -0.4 is 10.6 Å². The van der Waals surface area contributed by atoms with Gasteiger partial charge in [-0.05, 0) is 17.7 Å². The van der Waals surface area contributed by atoms with Gasteiger partial charge in [0, 0.05) is 24.7 Å². The molecule has 1 heterocycles. The van der Waals surface area contributed by atoms with Gasteiger partial charge in [-0.25, -0.2) is 0 Å². The number of rotatable bonds is 5. The zero-order chi connectivity index (χ0) is 15.1. The van der Waals surface area contributed by atoms with Gasteiger partial charge < -0.3 is 20.1 Å². The average molecular weight is 329 g/mol. The minimum absolute atomic E-state index is 0. The number of morpholine rings is 1. The van der Waals surface area contributed by atoms with E-state index in [1.165, 1.54) is 7.11 Å². The summed E-state index contributed by atoms with van der Waals surface area (Å²) in [5.41, 5.74) is 1.48. The topological polar surface area (TPSA) is 76.7 Å². The fraction of sp³-hybridized carbons (Fsp3) is 0.467. The first kappa shape index (κ1) is 18.4. The van der Waals surface area contributed by atoms with Crippen LogP contribution in [-0.2, 0) is 25.5 Å². The summed E-state index contributed by atoms with van der Waals surface area (Å²) < 4.78 is 9.94. The van der Waals surface area contributed by atoms with E-state index in [1.54, 1.807) is 18.2 Å². The van der Waals surface area contributed by atoms with Crippen LogP contribution in [0.3, 0.4) is 0 Å². The van der Waals surface area contributed by atoms with Crippen LogP contribution in [0.4, 0.5) is 5.69 Å². The fourth-order valence-corrected chi connectivity index (χ4v) is 2.18. The molecular weight excluding hydrogens is 308 g/mol. The van der Waals surface area contributed by atoms with Crippen molar-refractivity contribution in [1.82, 2.24) is 5.32 Å². The number of halogens is 1. The van der Waals surface area contributed by atoms with Gasteiger partial charge in [0.05, 0.1) is 26.7 Å². The molecule has 6 nitrogen and oxygen atoms in total. The predicted octanol–water partition coefficient (Wildman–Crippen LogP) is 1.14. The molecule has 1 saturated heterocycles. The van der Waals surface area contributed by atoms with Crippen molar-refractivity contribution in [2.75, 3.05) is 32.2 Å². The second kappa shape index (κ2) is 9.40. The summed E-state index contributed by atoms with van der Waals surface area (Å²) in [6.45, 7) is 2.01. The quantitative estimate of drug-likeness (QED) is 0.793. The molecule has 7 heteroatoms. The van der Waals surface area contributed by atoms with Crippen LogP contribution >= 0.6 is 12.4 Å². The standard InChI is InChI=1S/C15H20N2O4.ClH/c1-20-15(19)8-11-3-2-4-12(7-11)17-14(18)9-13-10-21-6-5-16-13;/h2-4,7,13,16H,5-6,8-10H2,1H3,(H,17,18);1H. The number of nitrogens with one attached hydrogen (secondary N) is 2. The number of benzene rings is 1. The summed E-state index contributed by atoms with van der Waals surface area (Å²) in [5.74, 6) is -0.379. The molecule has 22 heavy (non-hydrogen) atoms. The van der Waals surface area contributed by atoms with Crippen LogP contribution in [0.1, 0.15) is 12.0 Å². The number of carbonyl (C=O) groups is 2. The Morgan fingerprint density at radius 1 is 1.45 bits per heavy atom. The second-order valence-electron chi connectivity index (χ2n) is 4.93. The highest BCUT2D eigenvalue weighted by Gasteiger charge is 2.17. The van der Waals surface area contributed by atoms with E-state index in [9.17, 15) is 9.59 Å². The molecule has 0 bridgehead atoms. The van der Waals surface area contributed by atoms with Gasteiger partial charge in [-0.2, -0.15) is 0 Å². The van der Waals surface area contributed by atoms with Crippen molar-refractivity contribution in [2.24, 2.45) is 0 Å². The molecule has 1 aliphatic heterocycles. The maximum Gasteiger partial charge on any atom is 0.309 e. The van der Waals surface area contributed by atoms with E-state index in [-0.39, 0.29) is 36.7 Å². The predicted molar refractivity (Wildman–Crippen MR) is 85.3 cm³/mol. The lowest BCUT2D eigenvalue weighted by Crippen LogP contribution is -2.43. The molecule has 0 spiro atoms. The average Bonchev–Trinajstić information content (AvgIpc) is 2.48. The molecule has 0 radical (unpaired) electrons. The Bertz CT molecular complexity index is 504. The Hall–Kier alpha value is -1.63. The van der Waals surface area contributed by atoms with Gasteiger partial charge in [-0.1, -0.05) is 12.1 Å². The highest BCUT2D eigenvalue weighted by molar-refractivity contribution is 5.91. The Kier molecular flexibility index (Phi) is 7.87. The molecule has 1 amide bonds. The lowest BCUT2D eigenvalue weighted by molar-refractivity contribution is -0.139. The monoisotopic (exact) mass is 328 g/mol. The van der Waals surface area contributed by atoms with Gasteiger partial charge in [0.2, 0.25) is 5.91 Å². The van der Waals surface area contributed by atoms with Crippen molar-refractivity contribution in [3.63, 3.8) is 0 Å². The van der Waals surface area contributed by atoms with Crippen molar-refractivity contribution in [3.8, 4) is 0 Å². The van der Waals surface area contributed by atoms with Crippen LogP contribution in [-0.4, -0.2) is 44.8 Å². The SMILES string of the molecule is COC(=O)Cc1cccc(NC(=O)CC2COCCN2)c1.Cl. The lowest BCUT2D eigenvalue weighted by atomic mass is 10.1. The largest absolute Gasteiger partial charge is 0.469 e. The van der Waals surface area contributed by atoms with Crippen molar-refractivity contribution in [2.45, 2.75) is 18.9 Å². The normalized spacial score (nSPS) is 17.2. The number of carbonyl (C=O) groups excluding carboxylic acids is 2. The zero-order valence-corrected chi connectivity index (χ0v) is 13.3. The highest BCUT2D eigenvalue weighted by Crippen LogP contribution is 2.12. The molecule has 1 aliphatic rings. The van der Waals surface area contributed by atoms with Crippen LogP contribution in [0.25, 0.3) is 0 Å². The van der Waals surface area contributed by atoms with Crippen LogP contribution in [0.2, 0.25) is 0 Å². The van der Waals surface area contributed by atoms with E-state index in [4.69, 9.17) is 4.74 Å². The number of anilines is 1. The number of hydrogen-bond acceptors (Lipinski definition) is 5. The van der Waals surface area contributed by atoms with Gasteiger partial charge in [-0.3, -0.25) is 9.59 Å². The zero-order valence-electron chi connectivity index (χ0n) is 12.5. The molecule has 1 atom stereocenters. The molecule has 0 saturated carbocycles. The van der Waals surface area contributed by atoms with Gasteiger partial charge in [-0.15, -0.1) is 12.4 Å². The summed E-state index contributed by atoms with van der Waals surface area (Å²) in [6, 6.07) is 7.25. The minimum Gasteiger partial charge on any atom is -0.469 e. The Morgan fingerprint density at radius 2 is 2.27 bits per heavy atom. The van der Waals surface area contributed by atoms with Gasteiger partial charge in [0.1, 0.15) is 0 Å². The maximum atomic E-state index is 12.0. The third-order valence-corrected chi connectivity index (χ3v) is 3.22. The molecule has 1 fully saturated rings. The third kappa shape index (κ3) is 6.01. The molecule has 1 aromatic carbocycles. The number of hydrogen-bond donors (Lipinski definition) is 2. The van der Waals surface area contributed by atoms with E-state index in [0.717, 1.165) is 12.1 Å². The summed E-state index contributed by atoms with van der Waals surface area (Å²) in [7, 11) is 1.35. The van der Waals surface area contributed by atoms with E-state index in [2.05, 4.69) is 15.4 Å². The van der Waals surface area contributed by atoms with E-state index in [1.807, 2.05) is 6.07 Å². The molecule has 122 valence electrons. The molecule has 2 N–H and O–H groups in total. The Balaban J connectivity index is 0.00000242. The molecule has 0 aliphatic carbocycles. The summed E-state index contributed by atoms with van der Waals surface area (Å²) in [4.78, 5) is 23.2. The molecule has 2 rings (SSSR count). The fourth-order valence-electron chi connectivity index (χ4n) is 2.18. The molecule has 1 aromatic rings. The molecular formula is C15H21ClN2O4. The first-order chi connectivity index (χ1) is 10.2. The van der Waals surface area contributed by atoms with Crippen LogP contribution in [0, 0.1) is 0 Å². The van der Waals surface area contributed by atoms with E-state index < -0.39 is 0 Å².